The Morgan fingerprint density at radius 1 is 1.16 bits per heavy atom. The number of sulfonamides is 1. The van der Waals surface area contributed by atoms with Gasteiger partial charge in [-0.1, -0.05) is 6.07 Å². The molecular formula is C17H22N2O4S2. The molecule has 1 heterocycles. The Labute approximate surface area is 152 Å². The highest BCUT2D eigenvalue weighted by atomic mass is 32.2. The number of ether oxygens (including phenoxy) is 1. The molecule has 0 aliphatic heterocycles. The molecule has 136 valence electrons. The van der Waals surface area contributed by atoms with Crippen LogP contribution in [0.4, 0.5) is 0 Å². The molecule has 1 aromatic heterocycles. The van der Waals surface area contributed by atoms with Gasteiger partial charge in [-0.15, -0.1) is 11.3 Å². The van der Waals surface area contributed by atoms with Gasteiger partial charge in [0.25, 0.3) is 0 Å². The second-order valence-corrected chi connectivity index (χ2v) is 8.86. The molecule has 0 radical (unpaired) electrons. The lowest BCUT2D eigenvalue weighted by molar-refractivity contribution is -0.119. The van der Waals surface area contributed by atoms with E-state index in [0.29, 0.717) is 6.54 Å². The van der Waals surface area contributed by atoms with Gasteiger partial charge >= 0.3 is 0 Å². The minimum absolute atomic E-state index is 0.153. The number of carbonyl (C=O) groups excluding carboxylic acids is 1. The number of benzene rings is 1. The van der Waals surface area contributed by atoms with Crippen molar-refractivity contribution in [1.29, 1.82) is 0 Å². The molecule has 25 heavy (non-hydrogen) atoms. The monoisotopic (exact) mass is 382 g/mol. The maximum Gasteiger partial charge on any atom is 0.250 e. The molecule has 1 amide bonds. The minimum atomic E-state index is -3.57. The van der Waals surface area contributed by atoms with Crippen LogP contribution in [0.3, 0.4) is 0 Å². The molecule has 0 saturated heterocycles. The van der Waals surface area contributed by atoms with E-state index in [1.54, 1.807) is 6.07 Å². The molecule has 0 bridgehead atoms. The van der Waals surface area contributed by atoms with E-state index in [0.717, 1.165) is 33.1 Å². The largest absolute Gasteiger partial charge is 0.492 e. The van der Waals surface area contributed by atoms with Crippen LogP contribution in [0.2, 0.25) is 0 Å². The summed E-state index contributed by atoms with van der Waals surface area (Å²) < 4.78 is 32.9. The van der Waals surface area contributed by atoms with Crippen LogP contribution in [0.25, 0.3) is 0 Å². The molecule has 0 saturated carbocycles. The smallest absolute Gasteiger partial charge is 0.250 e. The van der Waals surface area contributed by atoms with Crippen molar-refractivity contribution in [3.8, 4) is 5.75 Å². The van der Waals surface area contributed by atoms with Crippen LogP contribution in [0.5, 0.6) is 5.75 Å². The van der Waals surface area contributed by atoms with E-state index in [4.69, 9.17) is 4.74 Å². The highest BCUT2D eigenvalue weighted by molar-refractivity contribution is 7.91. The molecular weight excluding hydrogens is 360 g/mol. The molecule has 1 aromatic carbocycles. The molecule has 0 fully saturated rings. The molecule has 0 unspecified atom stereocenters. The second kappa shape index (κ2) is 8.46. The number of hydrogen-bond donors (Lipinski definition) is 2. The molecule has 0 aliphatic rings. The lowest BCUT2D eigenvalue weighted by Gasteiger charge is -2.09. The Hall–Kier alpha value is -1.90. The maximum absolute atomic E-state index is 12.3. The summed E-state index contributed by atoms with van der Waals surface area (Å²) in [6.45, 7) is 6.13. The van der Waals surface area contributed by atoms with Crippen molar-refractivity contribution in [3.05, 3.63) is 46.3 Å². The number of hydrogen-bond acceptors (Lipinski definition) is 5. The third-order valence-corrected chi connectivity index (χ3v) is 6.31. The van der Waals surface area contributed by atoms with Crippen molar-refractivity contribution in [2.75, 3.05) is 13.2 Å². The maximum atomic E-state index is 12.3. The zero-order valence-electron chi connectivity index (χ0n) is 14.5. The van der Waals surface area contributed by atoms with Crippen molar-refractivity contribution >= 4 is 27.3 Å². The molecule has 2 N–H and O–H groups in total. The number of amides is 1. The lowest BCUT2D eigenvalue weighted by Crippen LogP contribution is -2.27. The van der Waals surface area contributed by atoms with Crippen molar-refractivity contribution in [3.63, 3.8) is 0 Å². The molecule has 0 atom stereocenters. The second-order valence-electron chi connectivity index (χ2n) is 5.70. The van der Waals surface area contributed by atoms with E-state index in [1.165, 1.54) is 13.0 Å². The Bertz CT molecular complexity index is 824. The van der Waals surface area contributed by atoms with E-state index in [-0.39, 0.29) is 23.3 Å². The molecule has 6 nitrogen and oxygen atoms in total. The Morgan fingerprint density at radius 2 is 1.84 bits per heavy atom. The summed E-state index contributed by atoms with van der Waals surface area (Å²) in [6.07, 6.45) is 0. The SMILES string of the molecule is CC(=O)NCc1ccc(S(=O)(=O)NCCOc2cc(C)cc(C)c2)s1. The highest BCUT2D eigenvalue weighted by Gasteiger charge is 2.16. The topological polar surface area (TPSA) is 84.5 Å². The van der Waals surface area contributed by atoms with Crippen LogP contribution in [0, 0.1) is 13.8 Å². The minimum Gasteiger partial charge on any atom is -0.492 e. The van der Waals surface area contributed by atoms with Gasteiger partial charge in [0.05, 0.1) is 6.54 Å². The van der Waals surface area contributed by atoms with Crippen molar-refractivity contribution in [2.45, 2.75) is 31.5 Å². The average Bonchev–Trinajstić information content (AvgIpc) is 2.98. The predicted octanol–water partition coefficient (Wildman–Crippen LogP) is 2.36. The van der Waals surface area contributed by atoms with Crippen molar-refractivity contribution in [1.82, 2.24) is 10.0 Å². The Kier molecular flexibility index (Phi) is 6.57. The highest BCUT2D eigenvalue weighted by Crippen LogP contribution is 2.21. The van der Waals surface area contributed by atoms with Gasteiger partial charge in [-0.2, -0.15) is 0 Å². The predicted molar refractivity (Wildman–Crippen MR) is 98.4 cm³/mol. The normalized spacial score (nSPS) is 11.3. The van der Waals surface area contributed by atoms with Crippen LogP contribution in [0.15, 0.2) is 34.5 Å². The zero-order valence-corrected chi connectivity index (χ0v) is 16.1. The Balaban J connectivity index is 1.85. The van der Waals surface area contributed by atoms with Gasteiger partial charge in [-0.3, -0.25) is 4.79 Å². The fourth-order valence-electron chi connectivity index (χ4n) is 2.24. The third-order valence-electron chi connectivity index (χ3n) is 3.27. The Morgan fingerprint density at radius 3 is 2.48 bits per heavy atom. The van der Waals surface area contributed by atoms with E-state index in [2.05, 4.69) is 10.0 Å². The zero-order chi connectivity index (χ0) is 18.4. The fraction of sp³-hybridized carbons (Fsp3) is 0.353. The van der Waals surface area contributed by atoms with Gasteiger partial charge in [0.15, 0.2) is 0 Å². The van der Waals surface area contributed by atoms with Crippen LogP contribution in [0.1, 0.15) is 22.9 Å². The van der Waals surface area contributed by atoms with E-state index in [9.17, 15) is 13.2 Å². The van der Waals surface area contributed by atoms with Crippen molar-refractivity contribution in [2.24, 2.45) is 0 Å². The molecule has 8 heteroatoms. The first-order valence-corrected chi connectivity index (χ1v) is 10.1. The van der Waals surface area contributed by atoms with E-state index >= 15 is 0 Å². The molecule has 0 aliphatic carbocycles. The van der Waals surface area contributed by atoms with E-state index < -0.39 is 10.0 Å². The van der Waals surface area contributed by atoms with Crippen LogP contribution < -0.4 is 14.8 Å². The fourth-order valence-corrected chi connectivity index (χ4v) is 4.59. The van der Waals surface area contributed by atoms with Gasteiger partial charge in [-0.25, -0.2) is 13.1 Å². The summed E-state index contributed by atoms with van der Waals surface area (Å²) in [4.78, 5) is 11.7. The van der Waals surface area contributed by atoms with Gasteiger partial charge in [0, 0.05) is 18.3 Å². The summed E-state index contributed by atoms with van der Waals surface area (Å²) >= 11 is 1.13. The number of rotatable bonds is 8. The summed E-state index contributed by atoms with van der Waals surface area (Å²) in [7, 11) is -3.57. The number of carbonyl (C=O) groups is 1. The summed E-state index contributed by atoms with van der Waals surface area (Å²) in [5.41, 5.74) is 2.20. The first-order chi connectivity index (χ1) is 11.8. The lowest BCUT2D eigenvalue weighted by atomic mass is 10.1. The first-order valence-electron chi connectivity index (χ1n) is 7.80. The molecule has 2 aromatic rings. The number of aryl methyl sites for hydroxylation is 2. The van der Waals surface area contributed by atoms with Crippen LogP contribution in [-0.4, -0.2) is 27.5 Å². The summed E-state index contributed by atoms with van der Waals surface area (Å²) in [5, 5.41) is 2.64. The van der Waals surface area contributed by atoms with Crippen LogP contribution >= 0.6 is 11.3 Å². The van der Waals surface area contributed by atoms with Crippen molar-refractivity contribution < 1.29 is 17.9 Å². The number of thiophene rings is 1. The van der Waals surface area contributed by atoms with Gasteiger partial charge < -0.3 is 10.1 Å². The molecule has 2 rings (SSSR count). The third kappa shape index (κ3) is 6.15. The van der Waals surface area contributed by atoms with E-state index in [1.807, 2.05) is 32.0 Å². The van der Waals surface area contributed by atoms with Gasteiger partial charge in [0.1, 0.15) is 16.6 Å². The number of nitrogens with one attached hydrogen (secondary N) is 2. The summed E-state index contributed by atoms with van der Waals surface area (Å²) in [6, 6.07) is 9.10. The molecule has 0 spiro atoms. The summed E-state index contributed by atoms with van der Waals surface area (Å²) in [5.74, 6) is 0.574. The van der Waals surface area contributed by atoms with Gasteiger partial charge in [0.2, 0.25) is 15.9 Å². The van der Waals surface area contributed by atoms with Gasteiger partial charge in [-0.05, 0) is 49.2 Å². The quantitative estimate of drug-likeness (QED) is 0.687. The standard InChI is InChI=1S/C17H22N2O4S2/c1-12-8-13(2)10-15(9-12)23-7-6-19-25(21,22)17-5-4-16(24-17)11-18-14(3)20/h4-5,8-10,19H,6-7,11H2,1-3H3,(H,18,20). The average molecular weight is 383 g/mol. The van der Waals surface area contributed by atoms with Crippen LogP contribution in [-0.2, 0) is 21.4 Å². The first kappa shape index (κ1) is 19.4.